The second kappa shape index (κ2) is 7.06. The normalized spacial score (nSPS) is 14.1. The van der Waals surface area contributed by atoms with Crippen LogP contribution in [0.3, 0.4) is 0 Å². The van der Waals surface area contributed by atoms with Gasteiger partial charge in [0.05, 0.1) is 12.2 Å². The Morgan fingerprint density at radius 2 is 1.84 bits per heavy atom. The third-order valence-electron chi connectivity index (χ3n) is 4.50. The second-order valence-corrected chi connectivity index (χ2v) is 5.15. The van der Waals surface area contributed by atoms with Gasteiger partial charge < -0.3 is 5.32 Å². The van der Waals surface area contributed by atoms with Crippen LogP contribution in [0.4, 0.5) is 0 Å². The van der Waals surface area contributed by atoms with Gasteiger partial charge in [-0.25, -0.2) is 0 Å². The van der Waals surface area contributed by atoms with E-state index in [9.17, 15) is 0 Å². The van der Waals surface area contributed by atoms with E-state index in [1.807, 2.05) is 17.9 Å². The molecule has 0 saturated heterocycles. The first kappa shape index (κ1) is 16.2. The van der Waals surface area contributed by atoms with Crippen LogP contribution in [0.25, 0.3) is 0 Å². The number of rotatable bonds is 8. The Labute approximate surface area is 118 Å². The molecule has 0 bridgehead atoms. The molecular weight excluding hydrogens is 236 g/mol. The van der Waals surface area contributed by atoms with Gasteiger partial charge in [-0.15, -0.1) is 0 Å². The summed E-state index contributed by atoms with van der Waals surface area (Å²) < 4.78 is 1.89. The van der Waals surface area contributed by atoms with Crippen molar-refractivity contribution >= 4 is 0 Å². The topological polar surface area (TPSA) is 33.1 Å². The van der Waals surface area contributed by atoms with Crippen LogP contribution in [0.1, 0.15) is 52.1 Å². The van der Waals surface area contributed by atoms with Gasteiger partial charge in [-0.3, -0.25) is 9.58 Å². The highest BCUT2D eigenvalue weighted by Gasteiger charge is 2.40. The number of aromatic nitrogens is 2. The number of hydrogen-bond donors (Lipinski definition) is 1. The van der Waals surface area contributed by atoms with Crippen molar-refractivity contribution < 1.29 is 0 Å². The smallest absolute Gasteiger partial charge is 0.0538 e. The Bertz CT molecular complexity index is 364. The highest BCUT2D eigenvalue weighted by Crippen LogP contribution is 2.36. The zero-order valence-electron chi connectivity index (χ0n) is 13.4. The standard InChI is InChI=1S/C15H30N4/c1-7-15(8-2,19(9-3)10-4)14(16-5)13-11-17-18(6)12-13/h11-12,14,16H,7-10H2,1-6H3. The van der Waals surface area contributed by atoms with E-state index in [2.05, 4.69) is 56.3 Å². The molecule has 0 saturated carbocycles. The van der Waals surface area contributed by atoms with Crippen LogP contribution in [0.5, 0.6) is 0 Å². The minimum Gasteiger partial charge on any atom is -0.311 e. The molecule has 0 aliphatic carbocycles. The van der Waals surface area contributed by atoms with Crippen LogP contribution in [-0.4, -0.2) is 40.4 Å². The molecule has 19 heavy (non-hydrogen) atoms. The molecule has 0 radical (unpaired) electrons. The molecule has 1 aromatic heterocycles. The average Bonchev–Trinajstić information content (AvgIpc) is 2.85. The number of nitrogens with zero attached hydrogens (tertiary/aromatic N) is 3. The maximum atomic E-state index is 4.34. The van der Waals surface area contributed by atoms with E-state index in [0.29, 0.717) is 6.04 Å². The van der Waals surface area contributed by atoms with Crippen molar-refractivity contribution in [1.82, 2.24) is 20.0 Å². The molecule has 110 valence electrons. The number of nitrogens with one attached hydrogen (secondary N) is 1. The molecule has 0 aliphatic heterocycles. The van der Waals surface area contributed by atoms with Gasteiger partial charge >= 0.3 is 0 Å². The van der Waals surface area contributed by atoms with Gasteiger partial charge in [-0.05, 0) is 33.0 Å². The van der Waals surface area contributed by atoms with Crippen LogP contribution >= 0.6 is 0 Å². The first-order valence-electron chi connectivity index (χ1n) is 7.50. The van der Waals surface area contributed by atoms with E-state index in [0.717, 1.165) is 25.9 Å². The van der Waals surface area contributed by atoms with E-state index >= 15 is 0 Å². The molecule has 1 N–H and O–H groups in total. The fourth-order valence-electron chi connectivity index (χ4n) is 3.48. The molecule has 0 aromatic carbocycles. The van der Waals surface area contributed by atoms with Crippen molar-refractivity contribution in [3.05, 3.63) is 18.0 Å². The number of likely N-dealkylation sites (N-methyl/N-ethyl adjacent to an activating group) is 2. The van der Waals surface area contributed by atoms with Crippen molar-refractivity contribution in [1.29, 1.82) is 0 Å². The van der Waals surface area contributed by atoms with Crippen molar-refractivity contribution in [3.8, 4) is 0 Å². The first-order chi connectivity index (χ1) is 9.09. The van der Waals surface area contributed by atoms with Gasteiger partial charge in [0.1, 0.15) is 0 Å². The summed E-state index contributed by atoms with van der Waals surface area (Å²) in [5, 5.41) is 7.87. The molecule has 1 unspecified atom stereocenters. The molecule has 4 heteroatoms. The van der Waals surface area contributed by atoms with E-state index < -0.39 is 0 Å². The third kappa shape index (κ3) is 3.00. The van der Waals surface area contributed by atoms with Gasteiger partial charge in [-0.1, -0.05) is 27.7 Å². The first-order valence-corrected chi connectivity index (χ1v) is 7.50. The number of hydrogen-bond acceptors (Lipinski definition) is 3. The lowest BCUT2D eigenvalue weighted by Crippen LogP contribution is -2.55. The van der Waals surface area contributed by atoms with Crippen LogP contribution in [0, 0.1) is 0 Å². The molecule has 1 atom stereocenters. The Kier molecular flexibility index (Phi) is 6.01. The Morgan fingerprint density at radius 1 is 1.26 bits per heavy atom. The second-order valence-electron chi connectivity index (χ2n) is 5.15. The van der Waals surface area contributed by atoms with Gasteiger partial charge in [0.2, 0.25) is 0 Å². The van der Waals surface area contributed by atoms with Crippen molar-refractivity contribution in [2.45, 2.75) is 52.1 Å². The van der Waals surface area contributed by atoms with Gasteiger partial charge in [0.25, 0.3) is 0 Å². The van der Waals surface area contributed by atoms with E-state index in [4.69, 9.17) is 0 Å². The van der Waals surface area contributed by atoms with Crippen LogP contribution in [0.2, 0.25) is 0 Å². The summed E-state index contributed by atoms with van der Waals surface area (Å²) in [5.74, 6) is 0. The predicted molar refractivity (Wildman–Crippen MR) is 81.2 cm³/mol. The Balaban J connectivity index is 3.20. The molecule has 0 fully saturated rings. The fraction of sp³-hybridized carbons (Fsp3) is 0.800. The summed E-state index contributed by atoms with van der Waals surface area (Å²) in [6.45, 7) is 11.2. The molecule has 0 amide bonds. The summed E-state index contributed by atoms with van der Waals surface area (Å²) in [4.78, 5) is 2.58. The van der Waals surface area contributed by atoms with Gasteiger partial charge in [0, 0.05) is 24.3 Å². The average molecular weight is 266 g/mol. The maximum absolute atomic E-state index is 4.34. The van der Waals surface area contributed by atoms with Crippen molar-refractivity contribution in [3.63, 3.8) is 0 Å². The predicted octanol–water partition coefficient (Wildman–Crippen LogP) is 2.58. The molecule has 0 spiro atoms. The molecule has 4 nitrogen and oxygen atoms in total. The molecule has 1 rings (SSSR count). The Hall–Kier alpha value is -0.870. The summed E-state index contributed by atoms with van der Waals surface area (Å²) in [6, 6.07) is 0.316. The summed E-state index contributed by atoms with van der Waals surface area (Å²) in [6.07, 6.45) is 6.38. The number of aryl methyl sites for hydroxylation is 1. The quantitative estimate of drug-likeness (QED) is 0.785. The molecule has 1 aromatic rings. The van der Waals surface area contributed by atoms with Crippen molar-refractivity contribution in [2.75, 3.05) is 20.1 Å². The highest BCUT2D eigenvalue weighted by molar-refractivity contribution is 5.18. The minimum absolute atomic E-state index is 0.154. The minimum atomic E-state index is 0.154. The SMILES string of the molecule is CCN(CC)C(CC)(CC)C(NC)c1cnn(C)c1. The zero-order valence-corrected chi connectivity index (χ0v) is 13.4. The van der Waals surface area contributed by atoms with Gasteiger partial charge in [0.15, 0.2) is 0 Å². The summed E-state index contributed by atoms with van der Waals surface area (Å²) in [7, 11) is 4.04. The van der Waals surface area contributed by atoms with Gasteiger partial charge in [-0.2, -0.15) is 5.10 Å². The third-order valence-corrected chi connectivity index (χ3v) is 4.50. The molecule has 1 heterocycles. The van der Waals surface area contributed by atoms with E-state index in [1.54, 1.807) is 0 Å². The lowest BCUT2D eigenvalue weighted by Gasteiger charge is -2.47. The lowest BCUT2D eigenvalue weighted by atomic mass is 9.80. The Morgan fingerprint density at radius 3 is 2.16 bits per heavy atom. The summed E-state index contributed by atoms with van der Waals surface area (Å²) in [5.41, 5.74) is 1.43. The van der Waals surface area contributed by atoms with Crippen LogP contribution in [-0.2, 0) is 7.05 Å². The molecular formula is C15H30N4. The molecule has 0 aliphatic rings. The largest absolute Gasteiger partial charge is 0.311 e. The summed E-state index contributed by atoms with van der Waals surface area (Å²) >= 11 is 0. The maximum Gasteiger partial charge on any atom is 0.0538 e. The van der Waals surface area contributed by atoms with E-state index in [1.165, 1.54) is 5.56 Å². The van der Waals surface area contributed by atoms with Crippen molar-refractivity contribution in [2.24, 2.45) is 7.05 Å². The zero-order chi connectivity index (χ0) is 14.5. The highest BCUT2D eigenvalue weighted by atomic mass is 15.3. The van der Waals surface area contributed by atoms with Crippen LogP contribution < -0.4 is 5.32 Å². The van der Waals surface area contributed by atoms with E-state index in [-0.39, 0.29) is 5.54 Å². The fourth-order valence-corrected chi connectivity index (χ4v) is 3.48. The lowest BCUT2D eigenvalue weighted by molar-refractivity contribution is 0.0514. The van der Waals surface area contributed by atoms with Crippen LogP contribution in [0.15, 0.2) is 12.4 Å². The monoisotopic (exact) mass is 266 g/mol.